The van der Waals surface area contributed by atoms with Crippen molar-refractivity contribution in [2.75, 3.05) is 0 Å². The molecule has 2 N–H and O–H groups in total. The maximum absolute atomic E-state index is 13.9. The highest BCUT2D eigenvalue weighted by Crippen LogP contribution is 2.49. The molecular formula is C10H10FNO2. The molecule has 1 aromatic rings. The van der Waals surface area contributed by atoms with E-state index in [9.17, 15) is 9.18 Å². The van der Waals surface area contributed by atoms with Gasteiger partial charge in [-0.25, -0.2) is 9.18 Å². The first-order valence-corrected chi connectivity index (χ1v) is 4.37. The molecule has 2 rings (SSSR count). The normalized spacial score (nSPS) is 29.6. The van der Waals surface area contributed by atoms with Gasteiger partial charge < -0.3 is 10.4 Å². The second-order valence-corrected chi connectivity index (χ2v) is 3.43. The first-order valence-electron chi connectivity index (χ1n) is 4.37. The summed E-state index contributed by atoms with van der Waals surface area (Å²) in [7, 11) is 0. The van der Waals surface area contributed by atoms with Crippen LogP contribution in [-0.2, 0) is 5.67 Å². The van der Waals surface area contributed by atoms with Crippen molar-refractivity contribution in [1.29, 1.82) is 0 Å². The monoisotopic (exact) mass is 195 g/mol. The minimum atomic E-state index is -1.50. The van der Waals surface area contributed by atoms with Gasteiger partial charge in [-0.05, 0) is 5.56 Å². The second-order valence-electron chi connectivity index (χ2n) is 3.43. The topological polar surface area (TPSA) is 49.3 Å². The zero-order chi connectivity index (χ0) is 10.2. The van der Waals surface area contributed by atoms with Crippen molar-refractivity contribution < 1.29 is 14.3 Å². The summed E-state index contributed by atoms with van der Waals surface area (Å²) in [5, 5.41) is 10.6. The number of nitrogens with one attached hydrogen (secondary N) is 1. The molecule has 0 radical (unpaired) electrons. The number of halogens is 1. The smallest absolute Gasteiger partial charge is 0.405 e. The Balaban J connectivity index is 2.11. The molecule has 0 saturated heterocycles. The molecule has 0 aromatic heterocycles. The van der Waals surface area contributed by atoms with Crippen molar-refractivity contribution in [1.82, 2.24) is 5.32 Å². The molecule has 14 heavy (non-hydrogen) atoms. The Bertz CT molecular complexity index is 354. The van der Waals surface area contributed by atoms with Gasteiger partial charge in [-0.1, -0.05) is 30.3 Å². The zero-order valence-electron chi connectivity index (χ0n) is 7.40. The molecule has 74 valence electrons. The number of alkyl halides is 1. The largest absolute Gasteiger partial charge is 0.465 e. The standard InChI is InChI=1S/C10H10FNO2/c11-10(6-8(10)12-9(13)14)7-4-2-1-3-5-7/h1-5,8,12H,6H2,(H,13,14). The maximum atomic E-state index is 13.9. The van der Waals surface area contributed by atoms with Crippen LogP contribution in [0.15, 0.2) is 30.3 Å². The van der Waals surface area contributed by atoms with Gasteiger partial charge in [-0.3, -0.25) is 0 Å². The van der Waals surface area contributed by atoms with E-state index in [2.05, 4.69) is 5.32 Å². The van der Waals surface area contributed by atoms with Crippen molar-refractivity contribution in [2.24, 2.45) is 0 Å². The first kappa shape index (κ1) is 8.99. The predicted molar refractivity (Wildman–Crippen MR) is 48.8 cm³/mol. The third kappa shape index (κ3) is 1.43. The molecule has 0 spiro atoms. The van der Waals surface area contributed by atoms with Crippen molar-refractivity contribution in [3.05, 3.63) is 35.9 Å². The average Bonchev–Trinajstić information content (AvgIpc) is 2.79. The minimum Gasteiger partial charge on any atom is -0.465 e. The van der Waals surface area contributed by atoms with Gasteiger partial charge in [-0.2, -0.15) is 0 Å². The van der Waals surface area contributed by atoms with Gasteiger partial charge >= 0.3 is 6.09 Å². The highest BCUT2D eigenvalue weighted by atomic mass is 19.1. The fraction of sp³-hybridized carbons (Fsp3) is 0.300. The molecule has 0 heterocycles. The lowest BCUT2D eigenvalue weighted by atomic mass is 10.1. The van der Waals surface area contributed by atoms with E-state index in [0.717, 1.165) is 0 Å². The van der Waals surface area contributed by atoms with Gasteiger partial charge in [0.1, 0.15) is 0 Å². The van der Waals surface area contributed by atoms with Crippen LogP contribution in [0, 0.1) is 0 Å². The Kier molecular flexibility index (Phi) is 1.91. The number of hydrogen-bond acceptors (Lipinski definition) is 1. The Hall–Kier alpha value is -1.58. The van der Waals surface area contributed by atoms with Gasteiger partial charge in [0.15, 0.2) is 5.67 Å². The molecule has 2 atom stereocenters. The lowest BCUT2D eigenvalue weighted by molar-refractivity contribution is 0.189. The van der Waals surface area contributed by atoms with Crippen LogP contribution in [0.25, 0.3) is 0 Å². The summed E-state index contributed by atoms with van der Waals surface area (Å²) in [5.74, 6) is 0. The summed E-state index contributed by atoms with van der Waals surface area (Å²) in [4.78, 5) is 10.3. The molecule has 1 aliphatic carbocycles. The quantitative estimate of drug-likeness (QED) is 0.757. The van der Waals surface area contributed by atoms with Crippen LogP contribution >= 0.6 is 0 Å². The molecule has 0 aliphatic heterocycles. The summed E-state index contributed by atoms with van der Waals surface area (Å²) >= 11 is 0. The molecule has 1 amide bonds. The third-order valence-electron chi connectivity index (χ3n) is 2.44. The Morgan fingerprint density at radius 2 is 2.14 bits per heavy atom. The van der Waals surface area contributed by atoms with Crippen molar-refractivity contribution >= 4 is 6.09 Å². The SMILES string of the molecule is O=C(O)NC1CC1(F)c1ccccc1. The summed E-state index contributed by atoms with van der Waals surface area (Å²) in [5.41, 5.74) is -0.960. The summed E-state index contributed by atoms with van der Waals surface area (Å²) in [6, 6.07) is 8.03. The van der Waals surface area contributed by atoms with Crippen LogP contribution in [0.5, 0.6) is 0 Å². The van der Waals surface area contributed by atoms with Gasteiger partial charge in [-0.15, -0.1) is 0 Å². The molecule has 1 aliphatic rings. The third-order valence-corrected chi connectivity index (χ3v) is 2.44. The van der Waals surface area contributed by atoms with E-state index >= 15 is 0 Å². The highest BCUT2D eigenvalue weighted by molar-refractivity contribution is 5.66. The number of rotatable bonds is 2. The Labute approximate surface area is 80.6 Å². The van der Waals surface area contributed by atoms with E-state index in [1.807, 2.05) is 0 Å². The van der Waals surface area contributed by atoms with Crippen LogP contribution < -0.4 is 5.32 Å². The number of amides is 1. The highest BCUT2D eigenvalue weighted by Gasteiger charge is 2.57. The fourth-order valence-electron chi connectivity index (χ4n) is 1.59. The van der Waals surface area contributed by atoms with E-state index in [0.29, 0.717) is 5.56 Å². The van der Waals surface area contributed by atoms with Gasteiger partial charge in [0, 0.05) is 6.42 Å². The molecular weight excluding hydrogens is 185 g/mol. The summed E-state index contributed by atoms with van der Waals surface area (Å²) < 4.78 is 13.9. The first-order chi connectivity index (χ1) is 6.63. The number of carboxylic acid groups (broad SMARTS) is 1. The lowest BCUT2D eigenvalue weighted by Crippen LogP contribution is -2.27. The number of carbonyl (C=O) groups is 1. The number of hydrogen-bond donors (Lipinski definition) is 2. The molecule has 2 unspecified atom stereocenters. The predicted octanol–water partition coefficient (Wildman–Crippen LogP) is 1.89. The molecule has 0 bridgehead atoms. The Morgan fingerprint density at radius 3 is 2.71 bits per heavy atom. The van der Waals surface area contributed by atoms with Crippen molar-refractivity contribution in [2.45, 2.75) is 18.1 Å². The van der Waals surface area contributed by atoms with Crippen molar-refractivity contribution in [3.8, 4) is 0 Å². The summed E-state index contributed by atoms with van der Waals surface area (Å²) in [6.07, 6.45) is -0.950. The van der Waals surface area contributed by atoms with Gasteiger partial charge in [0.05, 0.1) is 6.04 Å². The molecule has 1 saturated carbocycles. The number of benzene rings is 1. The maximum Gasteiger partial charge on any atom is 0.405 e. The molecule has 1 aromatic carbocycles. The molecule has 4 heteroatoms. The van der Waals surface area contributed by atoms with E-state index in [1.165, 1.54) is 0 Å². The second kappa shape index (κ2) is 2.97. The lowest BCUT2D eigenvalue weighted by Gasteiger charge is -2.07. The zero-order valence-corrected chi connectivity index (χ0v) is 7.40. The Morgan fingerprint density at radius 1 is 1.50 bits per heavy atom. The van der Waals surface area contributed by atoms with E-state index in [-0.39, 0.29) is 6.42 Å². The van der Waals surface area contributed by atoms with E-state index in [1.54, 1.807) is 30.3 Å². The van der Waals surface area contributed by atoms with Crippen LogP contribution in [0.2, 0.25) is 0 Å². The molecule has 3 nitrogen and oxygen atoms in total. The van der Waals surface area contributed by atoms with Crippen LogP contribution in [-0.4, -0.2) is 17.2 Å². The fourth-order valence-corrected chi connectivity index (χ4v) is 1.59. The van der Waals surface area contributed by atoms with E-state index < -0.39 is 17.8 Å². The van der Waals surface area contributed by atoms with Crippen molar-refractivity contribution in [3.63, 3.8) is 0 Å². The van der Waals surface area contributed by atoms with Gasteiger partial charge in [0.25, 0.3) is 0 Å². The van der Waals surface area contributed by atoms with Crippen LogP contribution in [0.4, 0.5) is 9.18 Å². The van der Waals surface area contributed by atoms with E-state index in [4.69, 9.17) is 5.11 Å². The minimum absolute atomic E-state index is 0.226. The summed E-state index contributed by atoms with van der Waals surface area (Å²) in [6.45, 7) is 0. The average molecular weight is 195 g/mol. The van der Waals surface area contributed by atoms with Crippen LogP contribution in [0.3, 0.4) is 0 Å². The van der Waals surface area contributed by atoms with Crippen LogP contribution in [0.1, 0.15) is 12.0 Å². The van der Waals surface area contributed by atoms with Gasteiger partial charge in [0.2, 0.25) is 0 Å². The molecule has 1 fully saturated rings.